The lowest BCUT2D eigenvalue weighted by Crippen LogP contribution is -2.08. The number of rotatable bonds is 1. The number of sulfone groups is 1. The van der Waals surface area contributed by atoms with Crippen LogP contribution in [-0.2, 0) is 15.6 Å². The molecule has 3 rings (SSSR count). The molecule has 1 heterocycles. The smallest absolute Gasteiger partial charge is 0.165 e. The molecule has 0 amide bonds. The summed E-state index contributed by atoms with van der Waals surface area (Å²) >= 11 is 0. The fourth-order valence-corrected chi connectivity index (χ4v) is 4.51. The maximum Gasteiger partial charge on any atom is 0.165 e. The predicted octanol–water partition coefficient (Wildman–Crippen LogP) is 2.41. The molecule has 2 aromatic rings. The Morgan fingerprint density at radius 1 is 1.06 bits per heavy atom. The zero-order valence-corrected chi connectivity index (χ0v) is 10.4. The molecule has 0 aliphatic carbocycles. The largest absolute Gasteiger partial charge is 0.508 e. The Hall–Kier alpha value is -1.81. The number of fused-ring (bicyclic) bond motifs is 1. The average Bonchev–Trinajstić information content (AvgIpc) is 2.60. The maximum absolute atomic E-state index is 12.2. The molecule has 0 spiro atoms. The van der Waals surface area contributed by atoms with Gasteiger partial charge >= 0.3 is 0 Å². The van der Waals surface area contributed by atoms with Crippen LogP contribution in [0.4, 0.5) is 0 Å². The highest BCUT2D eigenvalue weighted by molar-refractivity contribution is 7.91. The minimum atomic E-state index is -3.23. The second-order valence-corrected chi connectivity index (χ2v) is 6.57. The maximum atomic E-state index is 12.2. The highest BCUT2D eigenvalue weighted by atomic mass is 32.2. The molecule has 1 aliphatic heterocycles. The summed E-state index contributed by atoms with van der Waals surface area (Å²) in [6.45, 7) is 0. The number of hydrogen-bond donors (Lipinski definition) is 1. The summed E-state index contributed by atoms with van der Waals surface area (Å²) < 4.78 is 24.5. The Bertz CT molecular complexity index is 690. The van der Waals surface area contributed by atoms with Gasteiger partial charge in [-0.2, -0.15) is 0 Å². The van der Waals surface area contributed by atoms with Gasteiger partial charge < -0.3 is 5.11 Å². The Balaban J connectivity index is 2.23. The standard InChI is InChI=1S/C14H12O3S/c15-12-7-6-11-9-18(16,17)14(13(11)8-12)10-4-2-1-3-5-10/h1-8,14-15H,9H2. The molecular formula is C14H12O3S. The van der Waals surface area contributed by atoms with Gasteiger partial charge in [0.2, 0.25) is 0 Å². The van der Waals surface area contributed by atoms with E-state index in [-0.39, 0.29) is 11.5 Å². The number of phenolic OH excluding ortho intramolecular Hbond substituents is 1. The van der Waals surface area contributed by atoms with Gasteiger partial charge in [-0.3, -0.25) is 0 Å². The topological polar surface area (TPSA) is 54.4 Å². The molecule has 0 saturated carbocycles. The molecule has 1 unspecified atom stereocenters. The van der Waals surface area contributed by atoms with Crippen LogP contribution in [0.2, 0.25) is 0 Å². The third-order valence-corrected chi connectivity index (χ3v) is 5.19. The number of aromatic hydroxyl groups is 1. The molecule has 0 bridgehead atoms. The third kappa shape index (κ3) is 1.69. The Morgan fingerprint density at radius 2 is 1.78 bits per heavy atom. The molecule has 1 aliphatic rings. The summed E-state index contributed by atoms with van der Waals surface area (Å²) in [5, 5.41) is 8.88. The number of hydrogen-bond acceptors (Lipinski definition) is 3. The minimum absolute atomic E-state index is 0.0438. The van der Waals surface area contributed by atoms with Gasteiger partial charge in [0, 0.05) is 0 Å². The van der Waals surface area contributed by atoms with E-state index in [4.69, 9.17) is 0 Å². The van der Waals surface area contributed by atoms with Gasteiger partial charge in [0.1, 0.15) is 11.0 Å². The normalized spacial score (nSPS) is 20.6. The Labute approximate surface area is 106 Å². The van der Waals surface area contributed by atoms with E-state index in [1.165, 1.54) is 6.07 Å². The Kier molecular flexibility index (Phi) is 2.41. The molecule has 3 nitrogen and oxygen atoms in total. The third-order valence-electron chi connectivity index (χ3n) is 3.23. The summed E-state index contributed by atoms with van der Waals surface area (Å²) in [5.41, 5.74) is 2.23. The van der Waals surface area contributed by atoms with Crippen LogP contribution in [-0.4, -0.2) is 13.5 Å². The first-order chi connectivity index (χ1) is 8.58. The van der Waals surface area contributed by atoms with Crippen LogP contribution in [0.25, 0.3) is 0 Å². The van der Waals surface area contributed by atoms with E-state index in [0.29, 0.717) is 5.56 Å². The van der Waals surface area contributed by atoms with Gasteiger partial charge in [0.15, 0.2) is 9.84 Å². The molecule has 18 heavy (non-hydrogen) atoms. The van der Waals surface area contributed by atoms with Crippen LogP contribution in [0.3, 0.4) is 0 Å². The summed E-state index contributed by atoms with van der Waals surface area (Å²) in [5.74, 6) is 0.147. The summed E-state index contributed by atoms with van der Waals surface area (Å²) in [4.78, 5) is 0. The average molecular weight is 260 g/mol. The first-order valence-electron chi connectivity index (χ1n) is 5.66. The van der Waals surface area contributed by atoms with E-state index in [9.17, 15) is 13.5 Å². The monoisotopic (exact) mass is 260 g/mol. The molecule has 0 saturated heterocycles. The van der Waals surface area contributed by atoms with E-state index >= 15 is 0 Å². The second kappa shape index (κ2) is 3.85. The van der Waals surface area contributed by atoms with Crippen LogP contribution in [0, 0.1) is 0 Å². The lowest BCUT2D eigenvalue weighted by molar-refractivity contribution is 0.474. The van der Waals surface area contributed by atoms with Crippen molar-refractivity contribution in [3.63, 3.8) is 0 Å². The van der Waals surface area contributed by atoms with Crippen molar-refractivity contribution in [1.82, 2.24) is 0 Å². The van der Waals surface area contributed by atoms with Crippen molar-refractivity contribution in [2.45, 2.75) is 11.0 Å². The SMILES string of the molecule is O=S1(=O)Cc2ccc(O)cc2C1c1ccccc1. The molecule has 4 heteroatoms. The van der Waals surface area contributed by atoms with Gasteiger partial charge in [0.05, 0.1) is 5.75 Å². The molecule has 1 N–H and O–H groups in total. The highest BCUT2D eigenvalue weighted by Gasteiger charge is 2.37. The summed E-state index contributed by atoms with van der Waals surface area (Å²) in [7, 11) is -3.23. The van der Waals surface area contributed by atoms with Crippen LogP contribution >= 0.6 is 0 Å². The van der Waals surface area contributed by atoms with Crippen molar-refractivity contribution in [3.05, 3.63) is 65.2 Å². The van der Waals surface area contributed by atoms with Crippen LogP contribution in [0.1, 0.15) is 21.9 Å². The van der Waals surface area contributed by atoms with E-state index in [1.807, 2.05) is 18.2 Å². The summed E-state index contributed by atoms with van der Waals surface area (Å²) in [6, 6.07) is 13.9. The van der Waals surface area contributed by atoms with Crippen LogP contribution in [0.5, 0.6) is 5.75 Å². The zero-order valence-electron chi connectivity index (χ0n) is 9.58. The zero-order chi connectivity index (χ0) is 12.8. The van der Waals surface area contributed by atoms with Gasteiger partial charge in [-0.25, -0.2) is 8.42 Å². The predicted molar refractivity (Wildman–Crippen MR) is 69.0 cm³/mol. The highest BCUT2D eigenvalue weighted by Crippen LogP contribution is 2.42. The molecule has 92 valence electrons. The fraction of sp³-hybridized carbons (Fsp3) is 0.143. The van der Waals surface area contributed by atoms with E-state index in [0.717, 1.165) is 11.1 Å². The fourth-order valence-electron chi connectivity index (χ4n) is 2.47. The van der Waals surface area contributed by atoms with E-state index < -0.39 is 15.1 Å². The first kappa shape index (κ1) is 11.3. The van der Waals surface area contributed by atoms with Crippen LogP contribution in [0.15, 0.2) is 48.5 Å². The molecular weight excluding hydrogens is 248 g/mol. The Morgan fingerprint density at radius 3 is 2.50 bits per heavy atom. The van der Waals surface area contributed by atoms with Crippen LogP contribution < -0.4 is 0 Å². The first-order valence-corrected chi connectivity index (χ1v) is 7.38. The summed E-state index contributed by atoms with van der Waals surface area (Å²) in [6.07, 6.45) is 0. The molecule has 0 fully saturated rings. The lowest BCUT2D eigenvalue weighted by atomic mass is 10.0. The van der Waals surface area contributed by atoms with Crippen molar-refractivity contribution in [1.29, 1.82) is 0 Å². The van der Waals surface area contributed by atoms with Crippen molar-refractivity contribution in [3.8, 4) is 5.75 Å². The van der Waals surface area contributed by atoms with E-state index in [2.05, 4.69) is 0 Å². The van der Waals surface area contributed by atoms with Crippen molar-refractivity contribution >= 4 is 9.84 Å². The second-order valence-electron chi connectivity index (χ2n) is 4.48. The number of phenols is 1. The molecule has 0 radical (unpaired) electrons. The van der Waals surface area contributed by atoms with Gasteiger partial charge in [-0.05, 0) is 28.8 Å². The van der Waals surface area contributed by atoms with Gasteiger partial charge in [-0.15, -0.1) is 0 Å². The number of benzene rings is 2. The van der Waals surface area contributed by atoms with E-state index in [1.54, 1.807) is 24.3 Å². The van der Waals surface area contributed by atoms with Gasteiger partial charge in [-0.1, -0.05) is 36.4 Å². The lowest BCUT2D eigenvalue weighted by Gasteiger charge is -2.11. The molecule has 1 atom stereocenters. The van der Waals surface area contributed by atoms with Gasteiger partial charge in [0.25, 0.3) is 0 Å². The van der Waals surface area contributed by atoms with Crippen molar-refractivity contribution in [2.24, 2.45) is 0 Å². The van der Waals surface area contributed by atoms with Crippen molar-refractivity contribution < 1.29 is 13.5 Å². The molecule has 2 aromatic carbocycles. The molecule has 0 aromatic heterocycles. The van der Waals surface area contributed by atoms with Crippen molar-refractivity contribution in [2.75, 3.05) is 0 Å². The quantitative estimate of drug-likeness (QED) is 0.856. The minimum Gasteiger partial charge on any atom is -0.508 e.